The minimum absolute atomic E-state index is 0.542. The highest BCUT2D eigenvalue weighted by Crippen LogP contribution is 2.17. The lowest BCUT2D eigenvalue weighted by molar-refractivity contribution is 0.607. The van der Waals surface area contributed by atoms with Gasteiger partial charge in [-0.2, -0.15) is 5.10 Å². The van der Waals surface area contributed by atoms with Gasteiger partial charge in [-0.1, -0.05) is 6.07 Å². The first-order chi connectivity index (χ1) is 9.33. The van der Waals surface area contributed by atoms with Gasteiger partial charge in [0.25, 0.3) is 0 Å². The SMILES string of the molecule is Cc1nn(C)cc1CNc1cccc(NS(C)(=O)=O)c1. The molecular formula is C13H18N4O2S. The highest BCUT2D eigenvalue weighted by atomic mass is 32.2. The van der Waals surface area contributed by atoms with E-state index in [2.05, 4.69) is 15.1 Å². The molecule has 7 heteroatoms. The zero-order chi connectivity index (χ0) is 14.8. The van der Waals surface area contributed by atoms with E-state index in [-0.39, 0.29) is 0 Å². The Labute approximate surface area is 118 Å². The summed E-state index contributed by atoms with van der Waals surface area (Å²) >= 11 is 0. The van der Waals surface area contributed by atoms with Crippen molar-refractivity contribution in [1.29, 1.82) is 0 Å². The van der Waals surface area contributed by atoms with Gasteiger partial charge in [0.2, 0.25) is 10.0 Å². The van der Waals surface area contributed by atoms with Gasteiger partial charge in [-0.15, -0.1) is 0 Å². The highest BCUT2D eigenvalue weighted by Gasteiger charge is 2.04. The highest BCUT2D eigenvalue weighted by molar-refractivity contribution is 7.92. The van der Waals surface area contributed by atoms with Gasteiger partial charge in [-0.25, -0.2) is 8.42 Å². The van der Waals surface area contributed by atoms with Gasteiger partial charge < -0.3 is 5.32 Å². The van der Waals surface area contributed by atoms with E-state index < -0.39 is 10.0 Å². The van der Waals surface area contributed by atoms with Crippen molar-refractivity contribution in [1.82, 2.24) is 9.78 Å². The van der Waals surface area contributed by atoms with E-state index >= 15 is 0 Å². The first-order valence-corrected chi connectivity index (χ1v) is 8.03. The molecule has 2 aromatic rings. The fourth-order valence-electron chi connectivity index (χ4n) is 1.93. The van der Waals surface area contributed by atoms with Gasteiger partial charge in [0.05, 0.1) is 17.6 Å². The number of aromatic nitrogens is 2. The average molecular weight is 294 g/mol. The predicted octanol–water partition coefficient (Wildman–Crippen LogP) is 1.71. The summed E-state index contributed by atoms with van der Waals surface area (Å²) in [5.41, 5.74) is 3.47. The number of hydrogen-bond acceptors (Lipinski definition) is 4. The number of anilines is 2. The summed E-state index contributed by atoms with van der Waals surface area (Å²) < 4.78 is 26.6. The van der Waals surface area contributed by atoms with Gasteiger partial charge in [0.1, 0.15) is 0 Å². The fourth-order valence-corrected chi connectivity index (χ4v) is 2.48. The van der Waals surface area contributed by atoms with Crippen LogP contribution in [0.25, 0.3) is 0 Å². The fraction of sp³-hybridized carbons (Fsp3) is 0.308. The summed E-state index contributed by atoms with van der Waals surface area (Å²) in [6, 6.07) is 7.15. The third-order valence-electron chi connectivity index (χ3n) is 2.76. The maximum absolute atomic E-state index is 11.2. The monoisotopic (exact) mass is 294 g/mol. The number of hydrogen-bond donors (Lipinski definition) is 2. The van der Waals surface area contributed by atoms with E-state index in [0.29, 0.717) is 12.2 Å². The van der Waals surface area contributed by atoms with E-state index in [9.17, 15) is 8.42 Å². The molecule has 1 aromatic carbocycles. The van der Waals surface area contributed by atoms with E-state index in [1.54, 1.807) is 22.9 Å². The predicted molar refractivity (Wildman–Crippen MR) is 80.2 cm³/mol. The zero-order valence-electron chi connectivity index (χ0n) is 11.7. The molecule has 0 bridgehead atoms. The number of aryl methyl sites for hydroxylation is 2. The second-order valence-electron chi connectivity index (χ2n) is 4.72. The molecule has 0 amide bonds. The molecule has 2 rings (SSSR count). The lowest BCUT2D eigenvalue weighted by atomic mass is 10.2. The van der Waals surface area contributed by atoms with Crippen molar-refractivity contribution >= 4 is 21.4 Å². The van der Waals surface area contributed by atoms with Crippen LogP contribution in [0.2, 0.25) is 0 Å². The molecule has 1 heterocycles. The second kappa shape index (κ2) is 5.54. The lowest BCUT2D eigenvalue weighted by Gasteiger charge is -2.08. The Balaban J connectivity index is 2.07. The number of benzene rings is 1. The average Bonchev–Trinajstić information content (AvgIpc) is 2.63. The van der Waals surface area contributed by atoms with Crippen LogP contribution in [0.1, 0.15) is 11.3 Å². The Morgan fingerprint density at radius 3 is 2.60 bits per heavy atom. The Kier molecular flexibility index (Phi) is 3.99. The summed E-state index contributed by atoms with van der Waals surface area (Å²) in [5, 5.41) is 7.53. The molecule has 0 aliphatic rings. The van der Waals surface area contributed by atoms with E-state index in [0.717, 1.165) is 23.2 Å². The minimum Gasteiger partial charge on any atom is -0.381 e. The van der Waals surface area contributed by atoms with Crippen LogP contribution in [0.15, 0.2) is 30.5 Å². The molecule has 1 aromatic heterocycles. The largest absolute Gasteiger partial charge is 0.381 e. The van der Waals surface area contributed by atoms with Crippen LogP contribution in [-0.2, 0) is 23.6 Å². The van der Waals surface area contributed by atoms with Gasteiger partial charge in [-0.05, 0) is 25.1 Å². The Bertz CT molecular complexity index is 707. The normalized spacial score (nSPS) is 11.3. The molecule has 0 aliphatic carbocycles. The summed E-state index contributed by atoms with van der Waals surface area (Å²) in [4.78, 5) is 0. The van der Waals surface area contributed by atoms with Crippen LogP contribution in [0, 0.1) is 6.92 Å². The van der Waals surface area contributed by atoms with Crippen molar-refractivity contribution in [3.8, 4) is 0 Å². The van der Waals surface area contributed by atoms with Crippen LogP contribution < -0.4 is 10.0 Å². The third kappa shape index (κ3) is 3.99. The van der Waals surface area contributed by atoms with Crippen molar-refractivity contribution in [2.75, 3.05) is 16.3 Å². The maximum Gasteiger partial charge on any atom is 0.229 e. The molecule has 0 saturated heterocycles. The first-order valence-electron chi connectivity index (χ1n) is 6.14. The Hall–Kier alpha value is -2.02. The Morgan fingerprint density at radius 2 is 2.00 bits per heavy atom. The number of nitrogens with one attached hydrogen (secondary N) is 2. The first kappa shape index (κ1) is 14.4. The van der Waals surface area contributed by atoms with E-state index in [1.165, 1.54) is 0 Å². The van der Waals surface area contributed by atoms with Gasteiger partial charge in [0, 0.05) is 31.0 Å². The summed E-state index contributed by atoms with van der Waals surface area (Å²) in [6.07, 6.45) is 3.09. The molecule has 0 unspecified atom stereocenters. The molecular weight excluding hydrogens is 276 g/mol. The molecule has 6 nitrogen and oxygen atoms in total. The third-order valence-corrected chi connectivity index (χ3v) is 3.37. The van der Waals surface area contributed by atoms with Gasteiger partial charge >= 0.3 is 0 Å². The Morgan fingerprint density at radius 1 is 1.30 bits per heavy atom. The number of rotatable bonds is 5. The molecule has 0 atom stereocenters. The number of nitrogens with zero attached hydrogens (tertiary/aromatic N) is 2. The molecule has 0 fully saturated rings. The second-order valence-corrected chi connectivity index (χ2v) is 6.47. The molecule has 2 N–H and O–H groups in total. The summed E-state index contributed by atoms with van der Waals surface area (Å²) in [7, 11) is -1.37. The zero-order valence-corrected chi connectivity index (χ0v) is 12.5. The molecule has 0 aliphatic heterocycles. The molecule has 0 radical (unpaired) electrons. The van der Waals surface area contributed by atoms with E-state index in [1.807, 2.05) is 26.2 Å². The van der Waals surface area contributed by atoms with Crippen LogP contribution in [0.4, 0.5) is 11.4 Å². The minimum atomic E-state index is -3.26. The molecule has 0 spiro atoms. The number of sulfonamides is 1. The van der Waals surface area contributed by atoms with Crippen molar-refractivity contribution in [3.05, 3.63) is 41.7 Å². The molecule has 108 valence electrons. The van der Waals surface area contributed by atoms with Crippen LogP contribution >= 0.6 is 0 Å². The smallest absolute Gasteiger partial charge is 0.229 e. The van der Waals surface area contributed by atoms with Crippen molar-refractivity contribution in [3.63, 3.8) is 0 Å². The van der Waals surface area contributed by atoms with Crippen LogP contribution in [0.5, 0.6) is 0 Å². The lowest BCUT2D eigenvalue weighted by Crippen LogP contribution is -2.09. The standard InChI is InChI=1S/C13H18N4O2S/c1-10-11(9-17(2)15-10)8-14-12-5-4-6-13(7-12)16-20(3,18)19/h4-7,9,14,16H,8H2,1-3H3. The van der Waals surface area contributed by atoms with Crippen molar-refractivity contribution < 1.29 is 8.42 Å². The summed E-state index contributed by atoms with van der Waals surface area (Å²) in [6.45, 7) is 2.60. The molecule has 0 saturated carbocycles. The van der Waals surface area contributed by atoms with Crippen molar-refractivity contribution in [2.24, 2.45) is 7.05 Å². The van der Waals surface area contributed by atoms with Crippen LogP contribution in [0.3, 0.4) is 0 Å². The van der Waals surface area contributed by atoms with E-state index in [4.69, 9.17) is 0 Å². The summed E-state index contributed by atoms with van der Waals surface area (Å²) in [5.74, 6) is 0. The van der Waals surface area contributed by atoms with Gasteiger partial charge in [0.15, 0.2) is 0 Å². The quantitative estimate of drug-likeness (QED) is 0.880. The topological polar surface area (TPSA) is 76.0 Å². The van der Waals surface area contributed by atoms with Crippen molar-refractivity contribution in [2.45, 2.75) is 13.5 Å². The van der Waals surface area contributed by atoms with Crippen LogP contribution in [-0.4, -0.2) is 24.5 Å². The van der Waals surface area contributed by atoms with Gasteiger partial charge in [-0.3, -0.25) is 9.40 Å². The maximum atomic E-state index is 11.2. The molecule has 20 heavy (non-hydrogen) atoms.